The molecular formula is C44H80N2O15. The summed E-state index contributed by atoms with van der Waals surface area (Å²) < 4.78 is 49.2. The van der Waals surface area contributed by atoms with E-state index in [1.54, 1.807) is 55.4 Å². The predicted octanol–water partition coefficient (Wildman–Crippen LogP) is 2.65. The minimum atomic E-state index is -1.85. The van der Waals surface area contributed by atoms with E-state index in [2.05, 4.69) is 0 Å². The second kappa shape index (κ2) is 21.8. The number of hydrogen-bond acceptors (Lipinski definition) is 17. The van der Waals surface area contributed by atoms with Gasteiger partial charge in [-0.3, -0.25) is 14.4 Å². The van der Waals surface area contributed by atoms with Crippen LogP contribution in [0.25, 0.3) is 0 Å². The van der Waals surface area contributed by atoms with E-state index in [1.165, 1.54) is 21.1 Å². The number of likely N-dealkylation sites (N-methyl/N-ethyl adjacent to an activating group) is 2. The van der Waals surface area contributed by atoms with Gasteiger partial charge in [0.25, 0.3) is 0 Å². The number of ether oxygens (including phenoxy) is 8. The highest BCUT2D eigenvalue weighted by atomic mass is 16.7. The molecule has 0 radical (unpaired) electrons. The Bertz CT molecular complexity index is 1430. The Labute approximate surface area is 364 Å². The molecule has 0 spiro atoms. The van der Waals surface area contributed by atoms with E-state index in [1.807, 2.05) is 44.8 Å². The van der Waals surface area contributed by atoms with Crippen LogP contribution in [0.1, 0.15) is 108 Å². The van der Waals surface area contributed by atoms with E-state index < -0.39 is 120 Å². The summed E-state index contributed by atoms with van der Waals surface area (Å²) in [6.07, 6.45) is -9.44. The normalized spacial score (nSPS) is 44.3. The van der Waals surface area contributed by atoms with Gasteiger partial charge in [-0.15, -0.1) is 0 Å². The number of rotatable bonds is 11. The Morgan fingerprint density at radius 2 is 1.57 bits per heavy atom. The van der Waals surface area contributed by atoms with Gasteiger partial charge in [-0.2, -0.15) is 0 Å². The van der Waals surface area contributed by atoms with Crippen LogP contribution in [0.2, 0.25) is 0 Å². The minimum absolute atomic E-state index is 0.0808. The average Bonchev–Trinajstić information content (AvgIpc) is 3.18. The van der Waals surface area contributed by atoms with Crippen molar-refractivity contribution < 1.29 is 72.7 Å². The standard InChI is InChI=1S/C44H80N2O15/c1-17-31-44(11,53)36(48)28(7)46(14)22-23(2)20-42(9,52)38(26(5)34(27(6)40(51)58-31)60-33-21-43(10,55-16)37(49)29(8)57-33)61-41-35(30(45(12)13)19-25(4)56-41)59-32(47)18-24(3)39(50)54-15/h23-31,33-38,41,48-49,52-53H,17-22H2,1-16H3/t23-,24+,25-,26+,27-,28-,29+,30+,31-,33+,34+,35-,36-,37+,38-,41+,42-,43-,44-/m1/s1. The Kier molecular flexibility index (Phi) is 19.0. The smallest absolute Gasteiger partial charge is 0.311 e. The lowest BCUT2D eigenvalue weighted by Gasteiger charge is -2.49. The number of cyclic esters (lactones) is 1. The van der Waals surface area contributed by atoms with Crippen molar-refractivity contribution in [1.29, 1.82) is 0 Å². The van der Waals surface area contributed by atoms with Gasteiger partial charge >= 0.3 is 17.9 Å². The van der Waals surface area contributed by atoms with Crippen LogP contribution in [0.4, 0.5) is 0 Å². The molecule has 3 fully saturated rings. The van der Waals surface area contributed by atoms with Gasteiger partial charge in [0.2, 0.25) is 0 Å². The maximum absolute atomic E-state index is 14.4. The number of hydrogen-bond donors (Lipinski definition) is 4. The first-order valence-electron chi connectivity index (χ1n) is 22.0. The summed E-state index contributed by atoms with van der Waals surface area (Å²) in [5, 5.41) is 47.3. The molecular weight excluding hydrogens is 796 g/mol. The lowest BCUT2D eigenvalue weighted by molar-refractivity contribution is -0.319. The highest BCUT2D eigenvalue weighted by Gasteiger charge is 2.53. The van der Waals surface area contributed by atoms with Crippen LogP contribution in [0.5, 0.6) is 0 Å². The Morgan fingerprint density at radius 1 is 0.951 bits per heavy atom. The van der Waals surface area contributed by atoms with E-state index in [4.69, 9.17) is 37.9 Å². The molecule has 17 nitrogen and oxygen atoms in total. The van der Waals surface area contributed by atoms with Gasteiger partial charge in [0, 0.05) is 32.0 Å². The molecule has 0 aromatic carbocycles. The molecule has 0 aliphatic carbocycles. The Balaban J connectivity index is 2.23. The zero-order chi connectivity index (χ0) is 46.5. The van der Waals surface area contributed by atoms with Gasteiger partial charge in [-0.05, 0) is 94.8 Å². The lowest BCUT2D eigenvalue weighted by Crippen LogP contribution is -2.61. The maximum Gasteiger partial charge on any atom is 0.311 e. The van der Waals surface area contributed by atoms with Gasteiger partial charge in [0.05, 0.1) is 67.0 Å². The van der Waals surface area contributed by atoms with Crippen molar-refractivity contribution >= 4 is 17.9 Å². The molecule has 3 heterocycles. The maximum atomic E-state index is 14.4. The molecule has 4 N–H and O–H groups in total. The van der Waals surface area contributed by atoms with Crippen molar-refractivity contribution in [2.45, 2.75) is 199 Å². The zero-order valence-electron chi connectivity index (χ0n) is 39.7. The molecule has 0 aromatic rings. The molecule has 0 unspecified atom stereocenters. The van der Waals surface area contributed by atoms with Crippen molar-refractivity contribution in [3.8, 4) is 0 Å². The molecule has 0 aromatic heterocycles. The van der Waals surface area contributed by atoms with Crippen LogP contribution in [0.15, 0.2) is 0 Å². The van der Waals surface area contributed by atoms with Crippen LogP contribution in [-0.2, 0) is 52.3 Å². The van der Waals surface area contributed by atoms with Gasteiger partial charge in [0.15, 0.2) is 18.7 Å². The third kappa shape index (κ3) is 12.8. The summed E-state index contributed by atoms with van der Waals surface area (Å²) in [4.78, 5) is 44.0. The number of carbonyl (C=O) groups is 3. The van der Waals surface area contributed by atoms with Crippen molar-refractivity contribution in [2.24, 2.45) is 23.7 Å². The summed E-state index contributed by atoms with van der Waals surface area (Å²) in [7, 11) is 8.26. The van der Waals surface area contributed by atoms with Crippen molar-refractivity contribution in [2.75, 3.05) is 41.9 Å². The summed E-state index contributed by atoms with van der Waals surface area (Å²) in [5.41, 5.74) is -4.60. The highest BCUT2D eigenvalue weighted by molar-refractivity contribution is 5.79. The zero-order valence-corrected chi connectivity index (χ0v) is 39.7. The third-order valence-corrected chi connectivity index (χ3v) is 13.5. The Morgan fingerprint density at radius 3 is 2.13 bits per heavy atom. The van der Waals surface area contributed by atoms with Gasteiger partial charge in [-0.1, -0.05) is 27.7 Å². The van der Waals surface area contributed by atoms with E-state index in [0.29, 0.717) is 13.0 Å². The first-order chi connectivity index (χ1) is 28.1. The molecule has 61 heavy (non-hydrogen) atoms. The topological polar surface area (TPSA) is 212 Å². The number of aliphatic hydroxyl groups excluding tert-OH is 2. The van der Waals surface area contributed by atoms with Crippen molar-refractivity contribution in [3.05, 3.63) is 0 Å². The van der Waals surface area contributed by atoms with Crippen LogP contribution in [0.3, 0.4) is 0 Å². The van der Waals surface area contributed by atoms with E-state index in [-0.39, 0.29) is 37.7 Å². The van der Waals surface area contributed by atoms with Crippen LogP contribution in [0, 0.1) is 23.7 Å². The van der Waals surface area contributed by atoms with Crippen molar-refractivity contribution in [1.82, 2.24) is 9.80 Å². The molecule has 19 atom stereocenters. The van der Waals surface area contributed by atoms with E-state index in [0.717, 1.165) is 0 Å². The van der Waals surface area contributed by atoms with Crippen LogP contribution in [-0.4, -0.2) is 180 Å². The predicted molar refractivity (Wildman–Crippen MR) is 224 cm³/mol. The summed E-state index contributed by atoms with van der Waals surface area (Å²) >= 11 is 0. The molecule has 0 saturated carbocycles. The highest BCUT2D eigenvalue weighted by Crippen LogP contribution is 2.40. The van der Waals surface area contributed by atoms with Gasteiger partial charge < -0.3 is 68.1 Å². The first-order valence-corrected chi connectivity index (χ1v) is 22.0. The molecule has 3 saturated heterocycles. The van der Waals surface area contributed by atoms with E-state index in [9.17, 15) is 34.8 Å². The van der Waals surface area contributed by atoms with Gasteiger partial charge in [-0.25, -0.2) is 0 Å². The Hall–Kier alpha value is -2.03. The number of esters is 3. The second-order valence-corrected chi connectivity index (χ2v) is 19.3. The first kappa shape index (κ1) is 53.3. The fourth-order valence-electron chi connectivity index (χ4n) is 9.58. The largest absolute Gasteiger partial charge is 0.469 e. The van der Waals surface area contributed by atoms with Crippen LogP contribution >= 0.6 is 0 Å². The second-order valence-electron chi connectivity index (χ2n) is 19.3. The quantitative estimate of drug-likeness (QED) is 0.174. The molecule has 0 amide bonds. The number of nitrogens with zero attached hydrogens (tertiary/aromatic N) is 2. The summed E-state index contributed by atoms with van der Waals surface area (Å²) in [5.74, 6) is -4.90. The number of aliphatic hydroxyl groups is 4. The summed E-state index contributed by atoms with van der Waals surface area (Å²) in [6.45, 7) is 19.3. The molecule has 3 aliphatic heterocycles. The lowest BCUT2D eigenvalue weighted by atomic mass is 9.77. The van der Waals surface area contributed by atoms with Gasteiger partial charge in [0.1, 0.15) is 23.9 Å². The average molecular weight is 877 g/mol. The molecule has 356 valence electrons. The van der Waals surface area contributed by atoms with Crippen LogP contribution < -0.4 is 0 Å². The summed E-state index contributed by atoms with van der Waals surface area (Å²) in [6, 6.07) is -0.989. The fourth-order valence-corrected chi connectivity index (χ4v) is 9.58. The fraction of sp³-hybridized carbons (Fsp3) is 0.932. The van der Waals surface area contributed by atoms with E-state index >= 15 is 0 Å². The number of methoxy groups -OCH3 is 2. The monoisotopic (exact) mass is 877 g/mol. The molecule has 0 bridgehead atoms. The number of carbonyl (C=O) groups excluding carboxylic acids is 3. The SMILES string of the molecule is CC[C@H]1OC(=O)[C@H](C)[C@@H](O[C@H]2C[C@@](C)(OC)[C@@H](O)[C@H](C)O2)[C@H](C)[C@@H](O[C@@H]2O[C@H](C)C[C@H](N(C)C)[C@H]2OC(=O)C[C@H](C)C(=O)OC)[C@](C)(O)C[C@@H](C)CN(C)[C@H](C)[C@@H](O)[C@]1(C)O. The minimum Gasteiger partial charge on any atom is -0.469 e. The third-order valence-electron chi connectivity index (χ3n) is 13.5. The molecule has 17 heteroatoms. The van der Waals surface area contributed by atoms with Crippen molar-refractivity contribution in [3.63, 3.8) is 0 Å². The molecule has 3 rings (SSSR count). The molecule has 3 aliphatic rings.